The molecule has 0 unspecified atom stereocenters. The van der Waals surface area contributed by atoms with Crippen molar-refractivity contribution in [3.63, 3.8) is 0 Å². The molecule has 22 heavy (non-hydrogen) atoms. The summed E-state index contributed by atoms with van der Waals surface area (Å²) in [6, 6.07) is 9.14. The molecule has 0 saturated carbocycles. The molecule has 0 aliphatic rings. The third-order valence-electron chi connectivity index (χ3n) is 3.33. The van der Waals surface area contributed by atoms with Gasteiger partial charge in [-0.25, -0.2) is 4.79 Å². The summed E-state index contributed by atoms with van der Waals surface area (Å²) in [6.07, 6.45) is 2.14. The molecule has 122 valence electrons. The largest absolute Gasteiger partial charge is 0.469 e. The lowest BCUT2D eigenvalue weighted by molar-refractivity contribution is -0.145. The first-order chi connectivity index (χ1) is 10.6. The van der Waals surface area contributed by atoms with Crippen LogP contribution in [0.2, 0.25) is 0 Å². The summed E-state index contributed by atoms with van der Waals surface area (Å²) < 4.78 is 9.94. The number of amides is 1. The summed E-state index contributed by atoms with van der Waals surface area (Å²) in [7, 11) is 1.35. The minimum absolute atomic E-state index is 0.203. The maximum atomic E-state index is 11.9. The number of rotatable bonds is 8. The monoisotopic (exact) mass is 325 g/mol. The van der Waals surface area contributed by atoms with Gasteiger partial charge < -0.3 is 14.8 Å². The molecule has 2 atom stereocenters. The highest BCUT2D eigenvalue weighted by molar-refractivity contribution is 7.98. The number of esters is 1. The maximum Gasteiger partial charge on any atom is 0.407 e. The molecule has 1 rings (SSSR count). The molecule has 6 heteroatoms. The van der Waals surface area contributed by atoms with Gasteiger partial charge in [0.1, 0.15) is 6.61 Å². The van der Waals surface area contributed by atoms with E-state index in [0.717, 1.165) is 11.3 Å². The number of hydrogen-bond donors (Lipinski definition) is 1. The summed E-state index contributed by atoms with van der Waals surface area (Å²) in [5.41, 5.74) is 0.916. The van der Waals surface area contributed by atoms with Gasteiger partial charge in [0, 0.05) is 6.04 Å². The van der Waals surface area contributed by atoms with Gasteiger partial charge in [-0.1, -0.05) is 30.3 Å². The van der Waals surface area contributed by atoms with Crippen molar-refractivity contribution >= 4 is 23.8 Å². The van der Waals surface area contributed by atoms with Crippen LogP contribution in [-0.2, 0) is 20.9 Å². The fraction of sp³-hybridized carbons (Fsp3) is 0.500. The van der Waals surface area contributed by atoms with E-state index in [4.69, 9.17) is 9.47 Å². The van der Waals surface area contributed by atoms with Gasteiger partial charge in [-0.2, -0.15) is 11.8 Å². The van der Waals surface area contributed by atoms with Gasteiger partial charge in [-0.05, 0) is 30.9 Å². The first kappa shape index (κ1) is 18.4. The number of hydrogen-bond acceptors (Lipinski definition) is 5. The van der Waals surface area contributed by atoms with E-state index in [1.54, 1.807) is 18.7 Å². The van der Waals surface area contributed by atoms with Crippen LogP contribution >= 0.6 is 11.8 Å². The molecule has 0 aromatic heterocycles. The second-order valence-corrected chi connectivity index (χ2v) is 5.89. The molecule has 0 spiro atoms. The van der Waals surface area contributed by atoms with Crippen molar-refractivity contribution in [2.45, 2.75) is 26.0 Å². The molecular weight excluding hydrogens is 302 g/mol. The molecule has 0 aliphatic heterocycles. The summed E-state index contributed by atoms with van der Waals surface area (Å²) in [6.45, 7) is 1.95. The molecule has 0 aliphatic carbocycles. The van der Waals surface area contributed by atoms with Crippen LogP contribution in [0.3, 0.4) is 0 Å². The summed E-state index contributed by atoms with van der Waals surface area (Å²) in [4.78, 5) is 23.6. The number of benzene rings is 1. The van der Waals surface area contributed by atoms with E-state index >= 15 is 0 Å². The quantitative estimate of drug-likeness (QED) is 0.745. The molecule has 0 saturated heterocycles. The van der Waals surface area contributed by atoms with Gasteiger partial charge in [0.2, 0.25) is 0 Å². The highest BCUT2D eigenvalue weighted by Crippen LogP contribution is 2.12. The SMILES string of the molecule is COC(=O)[C@@H](C)[C@H](CCSC)NC(=O)OCc1ccccc1. The number of ether oxygens (including phenoxy) is 2. The molecule has 1 N–H and O–H groups in total. The van der Waals surface area contributed by atoms with Gasteiger partial charge in [-0.3, -0.25) is 4.79 Å². The second-order valence-electron chi connectivity index (χ2n) is 4.91. The normalized spacial score (nSPS) is 13.0. The highest BCUT2D eigenvalue weighted by atomic mass is 32.2. The maximum absolute atomic E-state index is 11.9. The first-order valence-corrected chi connectivity index (χ1v) is 8.51. The highest BCUT2D eigenvalue weighted by Gasteiger charge is 2.26. The Labute approximate surface area is 135 Å². The molecule has 1 amide bonds. The zero-order valence-corrected chi connectivity index (χ0v) is 14.0. The Hall–Kier alpha value is -1.69. The average Bonchev–Trinajstić information content (AvgIpc) is 2.56. The van der Waals surface area contributed by atoms with Crippen LogP contribution in [0.4, 0.5) is 4.79 Å². The fourth-order valence-corrected chi connectivity index (χ4v) is 2.45. The first-order valence-electron chi connectivity index (χ1n) is 7.12. The Bertz CT molecular complexity index is 466. The Kier molecular flexibility index (Phi) is 8.43. The minimum atomic E-state index is -0.522. The van der Waals surface area contributed by atoms with E-state index in [1.807, 2.05) is 36.6 Å². The molecule has 0 radical (unpaired) electrons. The van der Waals surface area contributed by atoms with Crippen molar-refractivity contribution in [1.82, 2.24) is 5.32 Å². The Morgan fingerprint density at radius 3 is 2.55 bits per heavy atom. The van der Waals surface area contributed by atoms with E-state index in [9.17, 15) is 9.59 Å². The molecule has 0 bridgehead atoms. The fourth-order valence-electron chi connectivity index (χ4n) is 1.96. The summed E-state index contributed by atoms with van der Waals surface area (Å²) >= 11 is 1.66. The molecule has 1 aromatic carbocycles. The number of nitrogens with one attached hydrogen (secondary N) is 1. The van der Waals surface area contributed by atoms with E-state index in [1.165, 1.54) is 7.11 Å². The standard InChI is InChI=1S/C16H23NO4S/c1-12(15(18)20-2)14(9-10-22-3)17-16(19)21-11-13-7-5-4-6-8-13/h4-8,12,14H,9-11H2,1-3H3,(H,17,19)/t12-,14-/m0/s1. The van der Waals surface area contributed by atoms with E-state index in [0.29, 0.717) is 6.42 Å². The van der Waals surface area contributed by atoms with E-state index < -0.39 is 12.0 Å². The Morgan fingerprint density at radius 2 is 1.95 bits per heavy atom. The lowest BCUT2D eigenvalue weighted by Gasteiger charge is -2.22. The summed E-state index contributed by atoms with van der Waals surface area (Å²) in [5.74, 6) is 0.0845. The van der Waals surface area contributed by atoms with Crippen molar-refractivity contribution in [2.24, 2.45) is 5.92 Å². The van der Waals surface area contributed by atoms with Crippen LogP contribution in [0.1, 0.15) is 18.9 Å². The van der Waals surface area contributed by atoms with Crippen LogP contribution in [0, 0.1) is 5.92 Å². The zero-order valence-electron chi connectivity index (χ0n) is 13.2. The average molecular weight is 325 g/mol. The Balaban J connectivity index is 2.52. The van der Waals surface area contributed by atoms with Crippen LogP contribution in [0.15, 0.2) is 30.3 Å². The summed E-state index contributed by atoms with van der Waals surface area (Å²) in [5, 5.41) is 2.76. The molecular formula is C16H23NO4S. The van der Waals surface area contributed by atoms with Gasteiger partial charge >= 0.3 is 12.1 Å². The van der Waals surface area contributed by atoms with Crippen molar-refractivity contribution in [3.05, 3.63) is 35.9 Å². The third kappa shape index (κ3) is 6.39. The van der Waals surface area contributed by atoms with Crippen LogP contribution in [-0.4, -0.2) is 37.2 Å². The number of carbonyl (C=O) groups excluding carboxylic acids is 2. The lowest BCUT2D eigenvalue weighted by atomic mass is 10.00. The molecule has 5 nitrogen and oxygen atoms in total. The predicted molar refractivity (Wildman–Crippen MR) is 87.7 cm³/mol. The van der Waals surface area contributed by atoms with Gasteiger partial charge in [0.25, 0.3) is 0 Å². The van der Waals surface area contributed by atoms with Gasteiger partial charge in [-0.15, -0.1) is 0 Å². The predicted octanol–water partition coefficient (Wildman–Crippen LogP) is 2.84. The van der Waals surface area contributed by atoms with Crippen LogP contribution < -0.4 is 5.32 Å². The Morgan fingerprint density at radius 1 is 1.27 bits per heavy atom. The van der Waals surface area contributed by atoms with E-state index in [2.05, 4.69) is 5.32 Å². The molecule has 0 fully saturated rings. The van der Waals surface area contributed by atoms with Crippen molar-refractivity contribution < 1.29 is 19.1 Å². The van der Waals surface area contributed by atoms with Crippen molar-refractivity contribution in [2.75, 3.05) is 19.1 Å². The lowest BCUT2D eigenvalue weighted by Crippen LogP contribution is -2.43. The van der Waals surface area contributed by atoms with Gasteiger partial charge in [0.05, 0.1) is 13.0 Å². The van der Waals surface area contributed by atoms with Crippen LogP contribution in [0.5, 0.6) is 0 Å². The topological polar surface area (TPSA) is 64.6 Å². The number of carbonyl (C=O) groups is 2. The number of alkyl carbamates (subject to hydrolysis) is 1. The van der Waals surface area contributed by atoms with Crippen LogP contribution in [0.25, 0.3) is 0 Å². The third-order valence-corrected chi connectivity index (χ3v) is 3.97. The van der Waals surface area contributed by atoms with Crippen molar-refractivity contribution in [1.29, 1.82) is 0 Å². The number of methoxy groups -OCH3 is 1. The number of thioether (sulfide) groups is 1. The van der Waals surface area contributed by atoms with Crippen molar-refractivity contribution in [3.8, 4) is 0 Å². The zero-order chi connectivity index (χ0) is 16.4. The molecule has 0 heterocycles. The van der Waals surface area contributed by atoms with E-state index in [-0.39, 0.29) is 18.6 Å². The second kappa shape index (κ2) is 10.1. The van der Waals surface area contributed by atoms with Gasteiger partial charge in [0.15, 0.2) is 0 Å². The minimum Gasteiger partial charge on any atom is -0.469 e. The molecule has 1 aromatic rings. The smallest absolute Gasteiger partial charge is 0.407 e.